The van der Waals surface area contributed by atoms with Crippen LogP contribution in [0.4, 0.5) is 0 Å². The molecule has 0 aliphatic heterocycles. The van der Waals surface area contributed by atoms with Crippen LogP contribution in [0.15, 0.2) is 59.9 Å². The number of aliphatic imine (C=N–C) groups is 1. The standard InChI is InChI=1S/C28H38N6/c1-5-13-30-15-16-32-18-27(29-4)25-12-11-24(17-21(25)3)22-7-9-23(10-8-22)26-19-33-28(34-26)20-31-14-6-2/h7-12,17-19,30-32H,4-6,13-16,20H2,1-3H3,(H,33,34)/b27-18-. The number of hydrogen-bond donors (Lipinski definition) is 4. The van der Waals surface area contributed by atoms with Gasteiger partial charge in [0.25, 0.3) is 0 Å². The summed E-state index contributed by atoms with van der Waals surface area (Å²) >= 11 is 0. The summed E-state index contributed by atoms with van der Waals surface area (Å²) in [6.07, 6.45) is 6.12. The van der Waals surface area contributed by atoms with Crippen molar-refractivity contribution < 1.29 is 0 Å². The highest BCUT2D eigenvalue weighted by Gasteiger charge is 2.08. The van der Waals surface area contributed by atoms with E-state index < -0.39 is 0 Å². The summed E-state index contributed by atoms with van der Waals surface area (Å²) in [4.78, 5) is 12.1. The molecule has 0 saturated heterocycles. The molecule has 0 atom stereocenters. The van der Waals surface area contributed by atoms with E-state index in [4.69, 9.17) is 0 Å². The van der Waals surface area contributed by atoms with Gasteiger partial charge < -0.3 is 20.9 Å². The van der Waals surface area contributed by atoms with E-state index in [9.17, 15) is 0 Å². The van der Waals surface area contributed by atoms with E-state index in [1.54, 1.807) is 0 Å². The van der Waals surface area contributed by atoms with Gasteiger partial charge in [-0.3, -0.25) is 4.99 Å². The fraction of sp³-hybridized carbons (Fsp3) is 0.357. The van der Waals surface area contributed by atoms with Crippen molar-refractivity contribution in [3.8, 4) is 22.4 Å². The van der Waals surface area contributed by atoms with E-state index in [1.165, 1.54) is 16.7 Å². The van der Waals surface area contributed by atoms with Crippen LogP contribution in [0.5, 0.6) is 0 Å². The predicted molar refractivity (Wildman–Crippen MR) is 145 cm³/mol. The summed E-state index contributed by atoms with van der Waals surface area (Å²) in [7, 11) is 0. The topological polar surface area (TPSA) is 77.1 Å². The van der Waals surface area contributed by atoms with E-state index >= 15 is 0 Å². The van der Waals surface area contributed by atoms with E-state index in [2.05, 4.69) is 101 Å². The molecule has 0 bridgehead atoms. The second-order valence-corrected chi connectivity index (χ2v) is 8.42. The molecule has 34 heavy (non-hydrogen) atoms. The van der Waals surface area contributed by atoms with Crippen molar-refractivity contribution in [2.24, 2.45) is 4.99 Å². The number of H-pyrrole nitrogens is 1. The number of nitrogens with zero attached hydrogens (tertiary/aromatic N) is 2. The summed E-state index contributed by atoms with van der Waals surface area (Å²) in [5.74, 6) is 0.963. The van der Waals surface area contributed by atoms with Crippen LogP contribution in [0.2, 0.25) is 0 Å². The molecule has 0 fully saturated rings. The lowest BCUT2D eigenvalue weighted by atomic mass is 9.97. The lowest BCUT2D eigenvalue weighted by Crippen LogP contribution is -2.25. The predicted octanol–water partition coefficient (Wildman–Crippen LogP) is 5.14. The summed E-state index contributed by atoms with van der Waals surface area (Å²) in [5, 5.41) is 10.1. The van der Waals surface area contributed by atoms with Crippen LogP contribution in [0.1, 0.15) is 43.6 Å². The maximum Gasteiger partial charge on any atom is 0.120 e. The van der Waals surface area contributed by atoms with Gasteiger partial charge in [-0.05, 0) is 61.8 Å². The molecular weight excluding hydrogens is 420 g/mol. The van der Waals surface area contributed by atoms with E-state index in [0.29, 0.717) is 0 Å². The first kappa shape index (κ1) is 25.4. The van der Waals surface area contributed by atoms with Gasteiger partial charge in [0.15, 0.2) is 0 Å². The summed E-state index contributed by atoms with van der Waals surface area (Å²) in [6.45, 7) is 14.8. The fourth-order valence-corrected chi connectivity index (χ4v) is 3.80. The lowest BCUT2D eigenvalue weighted by Gasteiger charge is -2.11. The first-order valence-corrected chi connectivity index (χ1v) is 12.2. The maximum absolute atomic E-state index is 4.48. The van der Waals surface area contributed by atoms with Crippen molar-refractivity contribution in [1.29, 1.82) is 0 Å². The molecule has 4 N–H and O–H groups in total. The first-order valence-electron chi connectivity index (χ1n) is 12.2. The van der Waals surface area contributed by atoms with Gasteiger partial charge in [0.05, 0.1) is 24.1 Å². The Kier molecular flexibility index (Phi) is 10.1. The molecular formula is C28H38N6. The zero-order chi connectivity index (χ0) is 24.2. The Morgan fingerprint density at radius 1 is 0.941 bits per heavy atom. The number of rotatable bonds is 14. The molecule has 0 saturated carbocycles. The zero-order valence-electron chi connectivity index (χ0n) is 20.7. The minimum atomic E-state index is 0.763. The number of benzene rings is 2. The highest BCUT2D eigenvalue weighted by molar-refractivity contribution is 5.75. The number of aryl methyl sites for hydroxylation is 1. The minimum Gasteiger partial charge on any atom is -0.388 e. The third-order valence-electron chi connectivity index (χ3n) is 5.66. The van der Waals surface area contributed by atoms with Gasteiger partial charge >= 0.3 is 0 Å². The van der Waals surface area contributed by atoms with Gasteiger partial charge in [0, 0.05) is 24.9 Å². The largest absolute Gasteiger partial charge is 0.388 e. The van der Waals surface area contributed by atoms with Crippen molar-refractivity contribution in [2.45, 2.75) is 40.2 Å². The molecule has 3 rings (SSSR count). The molecule has 1 aromatic heterocycles. The van der Waals surface area contributed by atoms with Crippen molar-refractivity contribution in [2.75, 3.05) is 26.2 Å². The fourth-order valence-electron chi connectivity index (χ4n) is 3.80. The first-order chi connectivity index (χ1) is 16.7. The third-order valence-corrected chi connectivity index (χ3v) is 5.66. The SMILES string of the molecule is C=N/C(=C\NCCNCCC)c1ccc(-c2ccc(-c3cnc(CNCCC)[nH]3)cc2)cc1C. The number of hydrogen-bond acceptors (Lipinski definition) is 5. The number of nitrogens with one attached hydrogen (secondary N) is 4. The van der Waals surface area contributed by atoms with Crippen LogP contribution in [0.3, 0.4) is 0 Å². The molecule has 3 aromatic rings. The Bertz CT molecular complexity index is 1060. The monoisotopic (exact) mass is 458 g/mol. The Labute approximate surface area is 204 Å². The Morgan fingerprint density at radius 3 is 2.35 bits per heavy atom. The van der Waals surface area contributed by atoms with Crippen LogP contribution < -0.4 is 16.0 Å². The molecule has 0 unspecified atom stereocenters. The van der Waals surface area contributed by atoms with Crippen molar-refractivity contribution in [3.63, 3.8) is 0 Å². The van der Waals surface area contributed by atoms with Gasteiger partial charge in [0.1, 0.15) is 5.82 Å². The van der Waals surface area contributed by atoms with Gasteiger partial charge in [-0.1, -0.05) is 56.3 Å². The summed E-state index contributed by atoms with van der Waals surface area (Å²) in [5.41, 5.74) is 7.65. The minimum absolute atomic E-state index is 0.763. The van der Waals surface area contributed by atoms with Crippen LogP contribution in [-0.4, -0.2) is 42.9 Å². The molecule has 2 aromatic carbocycles. The van der Waals surface area contributed by atoms with Crippen molar-refractivity contribution >= 4 is 12.4 Å². The smallest absolute Gasteiger partial charge is 0.120 e. The van der Waals surface area contributed by atoms with Crippen LogP contribution in [0, 0.1) is 6.92 Å². The second-order valence-electron chi connectivity index (χ2n) is 8.42. The van der Waals surface area contributed by atoms with E-state index in [1.807, 2.05) is 12.4 Å². The van der Waals surface area contributed by atoms with Crippen LogP contribution in [-0.2, 0) is 6.54 Å². The quantitative estimate of drug-likeness (QED) is 0.199. The Morgan fingerprint density at radius 2 is 1.65 bits per heavy atom. The van der Waals surface area contributed by atoms with E-state index in [-0.39, 0.29) is 0 Å². The lowest BCUT2D eigenvalue weighted by molar-refractivity contribution is 0.652. The second kappa shape index (κ2) is 13.5. The molecule has 6 heteroatoms. The Balaban J connectivity index is 1.66. The Hall–Kier alpha value is -3.22. The number of aromatic nitrogens is 2. The molecule has 1 heterocycles. The molecule has 0 aliphatic rings. The molecule has 0 spiro atoms. The highest BCUT2D eigenvalue weighted by atomic mass is 15.0. The third kappa shape index (κ3) is 7.14. The normalized spacial score (nSPS) is 11.6. The molecule has 6 nitrogen and oxygen atoms in total. The highest BCUT2D eigenvalue weighted by Crippen LogP contribution is 2.28. The maximum atomic E-state index is 4.48. The van der Waals surface area contributed by atoms with Gasteiger partial charge in [-0.25, -0.2) is 4.98 Å². The summed E-state index contributed by atoms with van der Waals surface area (Å²) < 4.78 is 0. The van der Waals surface area contributed by atoms with Gasteiger partial charge in [-0.2, -0.15) is 0 Å². The van der Waals surface area contributed by atoms with Crippen LogP contribution >= 0.6 is 0 Å². The van der Waals surface area contributed by atoms with Crippen molar-refractivity contribution in [3.05, 3.63) is 71.8 Å². The number of aromatic amines is 1. The van der Waals surface area contributed by atoms with Gasteiger partial charge in [0.2, 0.25) is 0 Å². The molecule has 0 radical (unpaired) electrons. The molecule has 0 amide bonds. The van der Waals surface area contributed by atoms with E-state index in [0.717, 1.165) is 73.9 Å². The number of imidazole rings is 1. The zero-order valence-corrected chi connectivity index (χ0v) is 20.7. The average molecular weight is 459 g/mol. The van der Waals surface area contributed by atoms with Crippen molar-refractivity contribution in [1.82, 2.24) is 25.9 Å². The molecule has 180 valence electrons. The van der Waals surface area contributed by atoms with Gasteiger partial charge in [-0.15, -0.1) is 0 Å². The summed E-state index contributed by atoms with van der Waals surface area (Å²) in [6, 6.07) is 15.1. The van der Waals surface area contributed by atoms with Crippen LogP contribution in [0.25, 0.3) is 28.1 Å². The average Bonchev–Trinajstić information content (AvgIpc) is 3.33. The molecule has 0 aliphatic carbocycles.